The summed E-state index contributed by atoms with van der Waals surface area (Å²) in [6, 6.07) is 14.8. The quantitative estimate of drug-likeness (QED) is 0.444. The molecular formula is C24H28O5. The van der Waals surface area contributed by atoms with Gasteiger partial charge in [0.25, 0.3) is 0 Å². The number of ketones is 1. The normalized spacial score (nSPS) is 14.2. The summed E-state index contributed by atoms with van der Waals surface area (Å²) in [5.41, 5.74) is 1.85. The molecule has 0 N–H and O–H groups in total. The van der Waals surface area contributed by atoms with Gasteiger partial charge in [0.05, 0.1) is 6.61 Å². The van der Waals surface area contributed by atoms with Gasteiger partial charge in [0, 0.05) is 5.56 Å². The number of carbonyl (C=O) groups is 2. The van der Waals surface area contributed by atoms with Gasteiger partial charge in [0.15, 0.2) is 30.5 Å². The Hall–Kier alpha value is -2.82. The Bertz CT molecular complexity index is 806. The average Bonchev–Trinajstić information content (AvgIpc) is 2.78. The highest BCUT2D eigenvalue weighted by atomic mass is 16.6. The summed E-state index contributed by atoms with van der Waals surface area (Å²) in [4.78, 5) is 24.3. The van der Waals surface area contributed by atoms with Gasteiger partial charge in [-0.3, -0.25) is 4.79 Å². The van der Waals surface area contributed by atoms with Crippen molar-refractivity contribution < 1.29 is 23.8 Å². The Balaban J connectivity index is 1.45. The van der Waals surface area contributed by atoms with E-state index in [2.05, 4.69) is 0 Å². The molecule has 5 heteroatoms. The molecule has 0 amide bonds. The summed E-state index contributed by atoms with van der Waals surface area (Å²) in [7, 11) is 0. The molecule has 5 nitrogen and oxygen atoms in total. The molecule has 0 radical (unpaired) electrons. The van der Waals surface area contributed by atoms with Crippen molar-refractivity contribution >= 4 is 11.8 Å². The Morgan fingerprint density at radius 3 is 2.17 bits per heavy atom. The van der Waals surface area contributed by atoms with Gasteiger partial charge in [-0.2, -0.15) is 0 Å². The molecule has 0 spiro atoms. The van der Waals surface area contributed by atoms with Crippen LogP contribution in [-0.4, -0.2) is 31.6 Å². The molecule has 1 aliphatic carbocycles. The molecule has 0 saturated heterocycles. The summed E-state index contributed by atoms with van der Waals surface area (Å²) in [6.45, 7) is 1.80. The van der Waals surface area contributed by atoms with Gasteiger partial charge in [-0.05, 0) is 43.4 Å². The van der Waals surface area contributed by atoms with Crippen molar-refractivity contribution in [1.82, 2.24) is 0 Å². The molecule has 1 saturated carbocycles. The van der Waals surface area contributed by atoms with Gasteiger partial charge in [-0.15, -0.1) is 0 Å². The maximum atomic E-state index is 12.3. The van der Waals surface area contributed by atoms with Crippen LogP contribution in [0.1, 0.15) is 60.9 Å². The van der Waals surface area contributed by atoms with E-state index in [1.165, 1.54) is 37.7 Å². The number of esters is 1. The van der Waals surface area contributed by atoms with Crippen molar-refractivity contribution in [2.24, 2.45) is 0 Å². The van der Waals surface area contributed by atoms with Crippen LogP contribution in [0.5, 0.6) is 11.5 Å². The second-order valence-corrected chi connectivity index (χ2v) is 7.21. The van der Waals surface area contributed by atoms with E-state index in [-0.39, 0.29) is 19.0 Å². The lowest BCUT2D eigenvalue weighted by Gasteiger charge is -2.22. The second-order valence-electron chi connectivity index (χ2n) is 7.21. The number of rotatable bonds is 9. The molecule has 2 aromatic carbocycles. The lowest BCUT2D eigenvalue weighted by atomic mass is 9.84. The Kier molecular flexibility index (Phi) is 7.68. The molecular weight excluding hydrogens is 368 g/mol. The molecule has 1 fully saturated rings. The van der Waals surface area contributed by atoms with Gasteiger partial charge in [0.1, 0.15) is 0 Å². The van der Waals surface area contributed by atoms with Crippen LogP contribution in [-0.2, 0) is 9.53 Å². The third-order valence-electron chi connectivity index (χ3n) is 5.17. The molecule has 29 heavy (non-hydrogen) atoms. The number of hydrogen-bond donors (Lipinski definition) is 0. The molecule has 3 rings (SSSR count). The van der Waals surface area contributed by atoms with E-state index in [0.717, 1.165) is 0 Å². The molecule has 0 aromatic heterocycles. The number of hydrogen-bond acceptors (Lipinski definition) is 5. The van der Waals surface area contributed by atoms with Crippen molar-refractivity contribution in [1.29, 1.82) is 0 Å². The number of Topliss-reactive ketones (excluding diaryl/α,β-unsaturated/α-hetero) is 1. The number of carbonyl (C=O) groups excluding carboxylic acids is 2. The van der Waals surface area contributed by atoms with Crippen LogP contribution >= 0.6 is 0 Å². The second kappa shape index (κ2) is 10.6. The highest BCUT2D eigenvalue weighted by Gasteiger charge is 2.16. The molecule has 0 heterocycles. The van der Waals surface area contributed by atoms with Crippen LogP contribution in [0.4, 0.5) is 0 Å². The van der Waals surface area contributed by atoms with Crippen molar-refractivity contribution in [3.63, 3.8) is 0 Å². The van der Waals surface area contributed by atoms with E-state index in [1.807, 2.05) is 37.3 Å². The first-order valence-corrected chi connectivity index (χ1v) is 10.3. The van der Waals surface area contributed by atoms with Crippen LogP contribution < -0.4 is 9.47 Å². The summed E-state index contributed by atoms with van der Waals surface area (Å²) in [6.07, 6.45) is 6.31. The fraction of sp³-hybridized carbons (Fsp3) is 0.417. The summed E-state index contributed by atoms with van der Waals surface area (Å²) < 4.78 is 16.0. The highest BCUT2D eigenvalue weighted by molar-refractivity contribution is 5.98. The van der Waals surface area contributed by atoms with E-state index in [4.69, 9.17) is 14.2 Å². The largest absolute Gasteiger partial charge is 0.490 e. The fourth-order valence-corrected chi connectivity index (χ4v) is 3.63. The van der Waals surface area contributed by atoms with E-state index >= 15 is 0 Å². The average molecular weight is 396 g/mol. The lowest BCUT2D eigenvalue weighted by Crippen LogP contribution is -2.19. The van der Waals surface area contributed by atoms with Gasteiger partial charge in [-0.25, -0.2) is 4.79 Å². The molecule has 0 atom stereocenters. The standard InChI is InChI=1S/C24H28O5/c1-2-27-22-10-6-7-11-23(22)28-17-24(26)29-16-21(25)20-14-12-19(13-15-20)18-8-4-3-5-9-18/h6-7,10-15,18H,2-5,8-9,16-17H2,1H3. The highest BCUT2D eigenvalue weighted by Crippen LogP contribution is 2.32. The third-order valence-corrected chi connectivity index (χ3v) is 5.17. The molecule has 0 unspecified atom stereocenters. The minimum atomic E-state index is -0.594. The lowest BCUT2D eigenvalue weighted by molar-refractivity contribution is -0.144. The van der Waals surface area contributed by atoms with Crippen molar-refractivity contribution in [3.05, 3.63) is 59.7 Å². The minimum Gasteiger partial charge on any atom is -0.490 e. The van der Waals surface area contributed by atoms with E-state index in [1.54, 1.807) is 18.2 Å². The van der Waals surface area contributed by atoms with Crippen LogP contribution in [0.2, 0.25) is 0 Å². The van der Waals surface area contributed by atoms with Crippen LogP contribution in [0.25, 0.3) is 0 Å². The predicted octanol–water partition coefficient (Wildman–Crippen LogP) is 4.94. The third kappa shape index (κ3) is 6.08. The maximum absolute atomic E-state index is 12.3. The molecule has 0 bridgehead atoms. The molecule has 154 valence electrons. The minimum absolute atomic E-state index is 0.219. The van der Waals surface area contributed by atoms with Crippen molar-refractivity contribution in [2.45, 2.75) is 44.9 Å². The topological polar surface area (TPSA) is 61.8 Å². The Labute approximate surface area is 172 Å². The van der Waals surface area contributed by atoms with Gasteiger partial charge < -0.3 is 14.2 Å². The summed E-state index contributed by atoms with van der Waals surface area (Å²) >= 11 is 0. The fourth-order valence-electron chi connectivity index (χ4n) is 3.63. The van der Waals surface area contributed by atoms with Gasteiger partial charge >= 0.3 is 5.97 Å². The molecule has 2 aromatic rings. The number of benzene rings is 2. The first-order valence-electron chi connectivity index (χ1n) is 10.3. The summed E-state index contributed by atoms with van der Waals surface area (Å²) in [5, 5.41) is 0. The maximum Gasteiger partial charge on any atom is 0.344 e. The zero-order valence-electron chi connectivity index (χ0n) is 16.9. The number of para-hydroxylation sites is 2. The Morgan fingerprint density at radius 1 is 0.862 bits per heavy atom. The van der Waals surface area contributed by atoms with Crippen LogP contribution in [0.15, 0.2) is 48.5 Å². The molecule has 1 aliphatic rings. The summed E-state index contributed by atoms with van der Waals surface area (Å²) in [5.74, 6) is 0.821. The van der Waals surface area contributed by atoms with E-state index in [9.17, 15) is 9.59 Å². The smallest absolute Gasteiger partial charge is 0.344 e. The predicted molar refractivity (Wildman–Crippen MR) is 111 cm³/mol. The van der Waals surface area contributed by atoms with Crippen molar-refractivity contribution in [3.8, 4) is 11.5 Å². The van der Waals surface area contributed by atoms with Crippen molar-refractivity contribution in [2.75, 3.05) is 19.8 Å². The van der Waals surface area contributed by atoms with E-state index < -0.39 is 5.97 Å². The number of ether oxygens (including phenoxy) is 3. The van der Waals surface area contributed by atoms with Crippen LogP contribution in [0.3, 0.4) is 0 Å². The van der Waals surface area contributed by atoms with Gasteiger partial charge in [-0.1, -0.05) is 55.7 Å². The Morgan fingerprint density at radius 2 is 1.52 bits per heavy atom. The zero-order valence-corrected chi connectivity index (χ0v) is 16.9. The van der Waals surface area contributed by atoms with E-state index in [0.29, 0.717) is 29.6 Å². The van der Waals surface area contributed by atoms with Gasteiger partial charge in [0.2, 0.25) is 0 Å². The first-order chi connectivity index (χ1) is 14.2. The van der Waals surface area contributed by atoms with Crippen LogP contribution in [0, 0.1) is 0 Å². The first kappa shape index (κ1) is 20.9. The SMILES string of the molecule is CCOc1ccccc1OCC(=O)OCC(=O)c1ccc(C2CCCCC2)cc1. The molecule has 0 aliphatic heterocycles. The zero-order chi connectivity index (χ0) is 20.5. The monoisotopic (exact) mass is 396 g/mol.